The van der Waals surface area contributed by atoms with Crippen LogP contribution in [0.4, 0.5) is 11.4 Å². The van der Waals surface area contributed by atoms with Crippen molar-refractivity contribution in [3.63, 3.8) is 0 Å². The molecule has 0 saturated carbocycles. The van der Waals surface area contributed by atoms with Gasteiger partial charge < -0.3 is 19.5 Å². The summed E-state index contributed by atoms with van der Waals surface area (Å²) in [7, 11) is 0. The Bertz CT molecular complexity index is 1170. The van der Waals surface area contributed by atoms with E-state index in [1.165, 1.54) is 18.5 Å². The van der Waals surface area contributed by atoms with Crippen molar-refractivity contribution >= 4 is 23.2 Å². The van der Waals surface area contributed by atoms with Crippen LogP contribution in [0, 0.1) is 5.92 Å². The third-order valence-corrected chi connectivity index (χ3v) is 6.37. The van der Waals surface area contributed by atoms with Gasteiger partial charge in [0, 0.05) is 42.7 Å². The zero-order valence-corrected chi connectivity index (χ0v) is 18.8. The highest BCUT2D eigenvalue weighted by atomic mass is 16.5. The number of aromatic nitrogens is 2. The van der Waals surface area contributed by atoms with Gasteiger partial charge in [0.2, 0.25) is 11.8 Å². The smallest absolute Gasteiger partial charge is 0.229 e. The summed E-state index contributed by atoms with van der Waals surface area (Å²) < 4.78 is 7.95. The standard InChI is InChI=1S/C26H28N4O3/c1-2-33-23-9-4-3-8-22(23)30-17-19(15-24(30)31)26(32)28-20-12-10-18(11-13-20)25-27-16-21-7-5-6-14-29(21)25/h3-4,8-13,16,19H,2,5-7,14-15,17H2,1H3,(H,28,32). The van der Waals surface area contributed by atoms with Crippen molar-refractivity contribution in [1.82, 2.24) is 9.55 Å². The summed E-state index contributed by atoms with van der Waals surface area (Å²) in [6.45, 7) is 3.76. The van der Waals surface area contributed by atoms with E-state index in [-0.39, 0.29) is 18.2 Å². The number of para-hydroxylation sites is 2. The summed E-state index contributed by atoms with van der Waals surface area (Å²) in [4.78, 5) is 31.9. The quantitative estimate of drug-likeness (QED) is 0.616. The van der Waals surface area contributed by atoms with E-state index >= 15 is 0 Å². The Hall–Kier alpha value is -3.61. The molecule has 1 saturated heterocycles. The predicted octanol–water partition coefficient (Wildman–Crippen LogP) is 4.28. The molecule has 3 aromatic rings. The number of hydrogen-bond acceptors (Lipinski definition) is 4. The van der Waals surface area contributed by atoms with Crippen molar-refractivity contribution in [3.8, 4) is 17.1 Å². The van der Waals surface area contributed by atoms with Gasteiger partial charge in [-0.3, -0.25) is 9.59 Å². The zero-order chi connectivity index (χ0) is 22.8. The average Bonchev–Trinajstić information content (AvgIpc) is 3.44. The molecule has 5 rings (SSSR count). The lowest BCUT2D eigenvalue weighted by Crippen LogP contribution is -2.28. The fraction of sp³-hybridized carbons (Fsp3) is 0.346. The summed E-state index contributed by atoms with van der Waals surface area (Å²) in [5.41, 5.74) is 3.76. The van der Waals surface area contributed by atoms with E-state index in [2.05, 4.69) is 14.9 Å². The maximum Gasteiger partial charge on any atom is 0.229 e. The first-order chi connectivity index (χ1) is 16.1. The number of rotatable bonds is 6. The largest absolute Gasteiger partial charge is 0.492 e. The van der Waals surface area contributed by atoms with Gasteiger partial charge in [-0.25, -0.2) is 4.98 Å². The molecule has 2 aliphatic heterocycles. The molecule has 7 nitrogen and oxygen atoms in total. The number of anilines is 2. The van der Waals surface area contributed by atoms with E-state index in [0.29, 0.717) is 24.6 Å². The Morgan fingerprint density at radius 1 is 1.15 bits per heavy atom. The Morgan fingerprint density at radius 2 is 1.97 bits per heavy atom. The number of carbonyl (C=O) groups excluding carboxylic acids is 2. The molecule has 1 fully saturated rings. The minimum Gasteiger partial charge on any atom is -0.492 e. The minimum atomic E-state index is -0.411. The number of hydrogen-bond donors (Lipinski definition) is 1. The normalized spacial score (nSPS) is 17.7. The molecule has 33 heavy (non-hydrogen) atoms. The van der Waals surface area contributed by atoms with Gasteiger partial charge in [-0.2, -0.15) is 0 Å². The van der Waals surface area contributed by atoms with Gasteiger partial charge in [0.15, 0.2) is 0 Å². The number of nitrogens with zero attached hydrogens (tertiary/aromatic N) is 3. The van der Waals surface area contributed by atoms with Gasteiger partial charge in [0.05, 0.1) is 18.2 Å². The van der Waals surface area contributed by atoms with E-state index in [9.17, 15) is 9.59 Å². The summed E-state index contributed by atoms with van der Waals surface area (Å²) >= 11 is 0. The van der Waals surface area contributed by atoms with E-state index in [4.69, 9.17) is 4.74 Å². The number of imidazole rings is 1. The van der Waals surface area contributed by atoms with Crippen LogP contribution in [0.25, 0.3) is 11.4 Å². The molecule has 0 bridgehead atoms. The zero-order valence-electron chi connectivity index (χ0n) is 18.8. The highest BCUT2D eigenvalue weighted by Gasteiger charge is 2.36. The lowest BCUT2D eigenvalue weighted by atomic mass is 10.1. The SMILES string of the molecule is CCOc1ccccc1N1CC(C(=O)Nc2ccc(-c3ncc4n3CCCC4)cc2)CC1=O. The first-order valence-electron chi connectivity index (χ1n) is 11.6. The van der Waals surface area contributed by atoms with Crippen molar-refractivity contribution in [2.45, 2.75) is 39.2 Å². The van der Waals surface area contributed by atoms with Crippen LogP contribution in [0.5, 0.6) is 5.75 Å². The summed E-state index contributed by atoms with van der Waals surface area (Å²) in [5.74, 6) is 1.01. The molecule has 2 aromatic carbocycles. The van der Waals surface area contributed by atoms with E-state index in [1.807, 2.05) is 61.7 Å². The van der Waals surface area contributed by atoms with Crippen LogP contribution >= 0.6 is 0 Å². The molecular weight excluding hydrogens is 416 g/mol. The molecule has 2 aliphatic rings. The Labute approximate surface area is 193 Å². The Balaban J connectivity index is 1.26. The molecule has 2 amide bonds. The van der Waals surface area contributed by atoms with Crippen molar-refractivity contribution in [1.29, 1.82) is 0 Å². The van der Waals surface area contributed by atoms with Crippen LogP contribution in [0.2, 0.25) is 0 Å². The summed E-state index contributed by atoms with van der Waals surface area (Å²) in [6, 6.07) is 15.2. The molecular formula is C26H28N4O3. The maximum atomic E-state index is 12.9. The number of benzene rings is 2. The van der Waals surface area contributed by atoms with Gasteiger partial charge in [0.25, 0.3) is 0 Å². The molecule has 1 unspecified atom stereocenters. The molecule has 3 heterocycles. The average molecular weight is 445 g/mol. The highest BCUT2D eigenvalue weighted by Crippen LogP contribution is 2.33. The van der Waals surface area contributed by atoms with Crippen LogP contribution in [-0.4, -0.2) is 34.5 Å². The lowest BCUT2D eigenvalue weighted by Gasteiger charge is -2.20. The fourth-order valence-corrected chi connectivity index (χ4v) is 4.69. The van der Waals surface area contributed by atoms with Crippen molar-refractivity contribution in [2.75, 3.05) is 23.4 Å². The van der Waals surface area contributed by atoms with Gasteiger partial charge in [-0.1, -0.05) is 12.1 Å². The Morgan fingerprint density at radius 3 is 2.79 bits per heavy atom. The van der Waals surface area contributed by atoms with Crippen molar-refractivity contribution in [2.24, 2.45) is 5.92 Å². The molecule has 7 heteroatoms. The third-order valence-electron chi connectivity index (χ3n) is 6.37. The Kier molecular flexibility index (Phi) is 5.86. The first kappa shape index (κ1) is 21.2. The molecule has 0 aliphatic carbocycles. The number of amides is 2. The maximum absolute atomic E-state index is 12.9. The van der Waals surface area contributed by atoms with E-state index < -0.39 is 5.92 Å². The van der Waals surface area contributed by atoms with Crippen LogP contribution in [0.1, 0.15) is 31.9 Å². The topological polar surface area (TPSA) is 76.5 Å². The first-order valence-corrected chi connectivity index (χ1v) is 11.6. The van der Waals surface area contributed by atoms with Gasteiger partial charge in [-0.05, 0) is 62.6 Å². The van der Waals surface area contributed by atoms with Gasteiger partial charge >= 0.3 is 0 Å². The van der Waals surface area contributed by atoms with E-state index in [1.54, 1.807) is 4.90 Å². The van der Waals surface area contributed by atoms with Gasteiger partial charge in [0.1, 0.15) is 11.6 Å². The number of carbonyl (C=O) groups is 2. The second-order valence-electron chi connectivity index (χ2n) is 8.55. The fourth-order valence-electron chi connectivity index (χ4n) is 4.69. The molecule has 0 radical (unpaired) electrons. The minimum absolute atomic E-state index is 0.0678. The number of fused-ring (bicyclic) bond motifs is 1. The monoisotopic (exact) mass is 444 g/mol. The van der Waals surface area contributed by atoms with Crippen LogP contribution in [-0.2, 0) is 22.6 Å². The van der Waals surface area contributed by atoms with Crippen molar-refractivity contribution < 1.29 is 14.3 Å². The highest BCUT2D eigenvalue weighted by molar-refractivity contribution is 6.04. The lowest BCUT2D eigenvalue weighted by molar-refractivity contribution is -0.122. The van der Waals surface area contributed by atoms with Crippen molar-refractivity contribution in [3.05, 3.63) is 60.4 Å². The molecule has 1 atom stereocenters. The molecule has 0 spiro atoms. The summed E-state index contributed by atoms with van der Waals surface area (Å²) in [5, 5.41) is 2.97. The molecule has 170 valence electrons. The molecule has 1 N–H and O–H groups in total. The molecule has 1 aromatic heterocycles. The second kappa shape index (κ2) is 9.10. The van der Waals surface area contributed by atoms with Crippen LogP contribution < -0.4 is 15.0 Å². The second-order valence-corrected chi connectivity index (χ2v) is 8.55. The number of nitrogens with one attached hydrogen (secondary N) is 1. The van der Waals surface area contributed by atoms with Crippen LogP contribution in [0.15, 0.2) is 54.7 Å². The predicted molar refractivity (Wildman–Crippen MR) is 127 cm³/mol. The third kappa shape index (κ3) is 4.23. The number of aryl methyl sites for hydroxylation is 1. The van der Waals surface area contributed by atoms with Crippen LogP contribution in [0.3, 0.4) is 0 Å². The van der Waals surface area contributed by atoms with Gasteiger partial charge in [-0.15, -0.1) is 0 Å². The number of ether oxygens (including phenoxy) is 1. The summed E-state index contributed by atoms with van der Waals surface area (Å²) in [6.07, 6.45) is 5.62. The van der Waals surface area contributed by atoms with E-state index in [0.717, 1.165) is 30.0 Å².